The van der Waals surface area contributed by atoms with Gasteiger partial charge in [0.15, 0.2) is 34.1 Å². The Morgan fingerprint density at radius 3 is 1.19 bits per heavy atom. The molecule has 12 aromatic heterocycles. The lowest BCUT2D eigenvalue weighted by molar-refractivity contribution is 0.0965. The van der Waals surface area contributed by atoms with Gasteiger partial charge in [0, 0.05) is 40.2 Å². The summed E-state index contributed by atoms with van der Waals surface area (Å²) in [4.78, 5) is 59.5. The number of carbonyl (C=O) groups excluding carboxylic acids is 2. The fraction of sp³-hybridized carbons (Fsp3) is 0.0769. The summed E-state index contributed by atoms with van der Waals surface area (Å²) in [6.07, 6.45) is 18.0. The van der Waals surface area contributed by atoms with Crippen LogP contribution in [0, 0.1) is 0 Å². The Hall–Kier alpha value is -16.7. The van der Waals surface area contributed by atoms with E-state index in [4.69, 9.17) is 32.2 Å². The number of H-pyrrole nitrogens is 4. The zero-order valence-corrected chi connectivity index (χ0v) is 66.9. The number of anilines is 8. The number of aromatic amines is 4. The van der Waals surface area contributed by atoms with E-state index in [9.17, 15) is 9.59 Å². The maximum absolute atomic E-state index is 12.0. The number of nitrogens with zero attached hydrogens (tertiary/aromatic N) is 12. The quantitative estimate of drug-likeness (QED) is 0.0285. The molecule has 20 rings (SSSR count). The van der Waals surface area contributed by atoms with Crippen LogP contribution >= 0.6 is 11.3 Å². The number of hydrogen-bond donors (Lipinski definition) is 9. The molecule has 0 fully saturated rings. The molecule has 7 aromatic carbocycles. The van der Waals surface area contributed by atoms with Crippen LogP contribution in [-0.2, 0) is 0 Å². The molecule has 0 bridgehead atoms. The minimum absolute atomic E-state index is 0.00210. The van der Waals surface area contributed by atoms with Gasteiger partial charge >= 0.3 is 0 Å². The molecule has 0 unspecified atom stereocenters. The summed E-state index contributed by atoms with van der Waals surface area (Å²) in [5.74, 6) is 7.21. The second kappa shape index (κ2) is 35.4. The Bertz CT molecular complexity index is 7000. The van der Waals surface area contributed by atoms with Gasteiger partial charge in [-0.1, -0.05) is 109 Å². The van der Waals surface area contributed by atoms with Crippen molar-refractivity contribution < 1.29 is 41.8 Å². The molecule has 122 heavy (non-hydrogen) atoms. The number of nitrogens with one attached hydrogen (secondary N) is 9. The summed E-state index contributed by atoms with van der Waals surface area (Å²) in [6.45, 7) is 1.55. The maximum Gasteiger partial charge on any atom is 0.261 e. The second-order valence-electron chi connectivity index (χ2n) is 27.1. The van der Waals surface area contributed by atoms with Crippen molar-refractivity contribution in [3.8, 4) is 102 Å². The number of carbonyl (C=O) groups is 2. The fourth-order valence-corrected chi connectivity index (χ4v) is 14.7. The monoisotopic (exact) mass is 1640 g/mol. The second-order valence-corrected chi connectivity index (χ2v) is 28.0. The largest absolute Gasteiger partial charge is 0.495 e. The molecule has 30 nitrogen and oxygen atoms in total. The minimum atomic E-state index is -0.132. The molecule has 1 aliphatic carbocycles. The van der Waals surface area contributed by atoms with Crippen molar-refractivity contribution in [3.05, 3.63) is 284 Å². The van der Waals surface area contributed by atoms with Crippen molar-refractivity contribution in [1.29, 1.82) is 0 Å². The summed E-state index contributed by atoms with van der Waals surface area (Å²) < 4.78 is 38.8. The smallest absolute Gasteiger partial charge is 0.261 e. The molecular formula is C91H73N21O9S. The van der Waals surface area contributed by atoms with Crippen molar-refractivity contribution in [2.24, 2.45) is 0 Å². The van der Waals surface area contributed by atoms with Crippen molar-refractivity contribution >= 4 is 119 Å². The number of furan rings is 3. The third kappa shape index (κ3) is 16.5. The van der Waals surface area contributed by atoms with Gasteiger partial charge in [0.25, 0.3) is 5.91 Å². The predicted molar refractivity (Wildman–Crippen MR) is 470 cm³/mol. The molecule has 0 saturated carbocycles. The highest BCUT2D eigenvalue weighted by molar-refractivity contribution is 7.12. The highest BCUT2D eigenvalue weighted by atomic mass is 32.1. The third-order valence-corrected chi connectivity index (χ3v) is 20.7. The van der Waals surface area contributed by atoms with Gasteiger partial charge in [0.1, 0.15) is 88.8 Å². The molecule has 1 amide bonds. The van der Waals surface area contributed by atoms with E-state index >= 15 is 0 Å². The molecule has 0 atom stereocenters. The average molecular weight is 1640 g/mol. The van der Waals surface area contributed by atoms with Crippen molar-refractivity contribution in [1.82, 2.24) is 86.0 Å². The molecule has 9 N–H and O–H groups in total. The zero-order valence-electron chi connectivity index (χ0n) is 66.1. The molecule has 1 aliphatic rings. The first-order valence-corrected chi connectivity index (χ1v) is 38.9. The minimum Gasteiger partial charge on any atom is -0.495 e. The lowest BCUT2D eigenvalue weighted by Gasteiger charge is -2.13. The van der Waals surface area contributed by atoms with Crippen LogP contribution in [0.3, 0.4) is 0 Å². The number of methoxy groups -OCH3 is 4. The first kappa shape index (κ1) is 77.9. The van der Waals surface area contributed by atoms with Crippen LogP contribution in [0.4, 0.5) is 46.0 Å². The van der Waals surface area contributed by atoms with E-state index in [0.29, 0.717) is 90.8 Å². The maximum atomic E-state index is 12.0. The zero-order chi connectivity index (χ0) is 83.4. The van der Waals surface area contributed by atoms with E-state index in [1.165, 1.54) is 36.6 Å². The van der Waals surface area contributed by atoms with Crippen LogP contribution < -0.4 is 45.5 Å². The van der Waals surface area contributed by atoms with Crippen molar-refractivity contribution in [2.45, 2.75) is 13.3 Å². The standard InChI is InChI=1S/C26H21N5O2.C24H20N6O2S.C21H17N5O2.C20H15N5O3/c1-16(32)18-9-6-10-20(13-18)24-23-25(27-15-28-26(23)31-30-24)29-21-14-19(11-12-22(21)33-2)17-7-4-3-5-8-17;1-25-24(31)19-11-16(12-33-19)21-20-22(26-13-27-23(20)30-29-21)28-17-10-15(8-9-18(17)32-2)14-6-4-3-5-7-14;1-27-17-9-8-14(16-7-4-10-28-16)11-15(17)24-20-18-19(13-5-2-3-6-13)25-26-21(18)23-12-22-20;1-26-15-7-6-12(14-4-2-8-27-14)10-13(15)23-19-17-18(16-5-3-9-28-16)24-25-20(17)22-11-21-19/h3-15H,1-2H3,(H2,27,28,29,30,31);3-13H,1-2H3,(H,25,31)(H2,26,27,28,29,30);2,4-12H,3H2,1H3,(H2,22,23,24,25,26);2-11H,1H3,(H2,21,22,23,24,25). The Morgan fingerprint density at radius 1 is 0.385 bits per heavy atom. The van der Waals surface area contributed by atoms with E-state index in [-0.39, 0.29) is 11.7 Å². The number of ether oxygens (including phenoxy) is 4. The van der Waals surface area contributed by atoms with E-state index < -0.39 is 0 Å². The van der Waals surface area contributed by atoms with Crippen molar-refractivity contribution in [3.63, 3.8) is 0 Å². The van der Waals surface area contributed by atoms with E-state index in [0.717, 1.165) is 129 Å². The van der Waals surface area contributed by atoms with Gasteiger partial charge in [-0.05, 0) is 150 Å². The van der Waals surface area contributed by atoms with Crippen LogP contribution in [0.15, 0.2) is 281 Å². The first-order chi connectivity index (χ1) is 60.0. The molecule has 0 saturated heterocycles. The molecule has 0 spiro atoms. The Kier molecular flexibility index (Phi) is 22.6. The normalized spacial score (nSPS) is 11.4. The lowest BCUT2D eigenvalue weighted by atomic mass is 10.0. The predicted octanol–water partition coefficient (Wildman–Crippen LogP) is 19.8. The van der Waals surface area contributed by atoms with Crippen LogP contribution in [0.2, 0.25) is 0 Å². The molecule has 31 heteroatoms. The summed E-state index contributed by atoms with van der Waals surface area (Å²) in [6, 6.07) is 64.2. The number of benzene rings is 7. The van der Waals surface area contributed by atoms with E-state index in [2.05, 4.69) is 150 Å². The summed E-state index contributed by atoms with van der Waals surface area (Å²) >= 11 is 1.36. The van der Waals surface area contributed by atoms with E-state index in [1.807, 2.05) is 175 Å². The summed E-state index contributed by atoms with van der Waals surface area (Å²) in [5, 5.41) is 50.5. The SMILES string of the molecule is CNC(=O)c1cc(-c2[nH]nc3ncnc(Nc4cc(-c5ccccc5)ccc4OC)c23)cs1.COc1ccc(-c2ccccc2)cc1Nc1ncnc2n[nH]c(-c3cccc(C(C)=O)c3)c12.COc1ccc(-c2ccco2)cc1Nc1ncnc2n[nH]c(-c3ccco3)c12.COc1ccc(-c2ccco2)cc1Nc1ncnc2n[nH]c(C3=CCC=C3)c12. The topological polar surface area (TPSA) is 388 Å². The third-order valence-electron chi connectivity index (χ3n) is 19.8. The van der Waals surface area contributed by atoms with Gasteiger partial charge in [-0.25, -0.2) is 39.9 Å². The molecule has 12 heterocycles. The molecule has 602 valence electrons. The summed E-state index contributed by atoms with van der Waals surface area (Å²) in [7, 11) is 8.14. The Labute approximate surface area is 698 Å². The van der Waals surface area contributed by atoms with Gasteiger partial charge in [-0.3, -0.25) is 30.0 Å². The van der Waals surface area contributed by atoms with Gasteiger partial charge in [0.2, 0.25) is 0 Å². The van der Waals surface area contributed by atoms with E-state index in [1.54, 1.807) is 67.3 Å². The highest BCUT2D eigenvalue weighted by Gasteiger charge is 2.24. The van der Waals surface area contributed by atoms with Crippen molar-refractivity contribution in [2.75, 3.05) is 56.8 Å². The van der Waals surface area contributed by atoms with Gasteiger partial charge < -0.3 is 58.8 Å². The highest BCUT2D eigenvalue weighted by Crippen LogP contribution is 2.43. The Balaban J connectivity index is 0.000000116. The number of allylic oxidation sites excluding steroid dienone is 4. The molecule has 19 aromatic rings. The van der Waals surface area contributed by atoms with Crippen LogP contribution in [0.1, 0.15) is 39.1 Å². The number of thiophene rings is 1. The first-order valence-electron chi connectivity index (χ1n) is 38.1. The number of amides is 1. The molecular weight excluding hydrogens is 1560 g/mol. The number of rotatable bonds is 22. The average Bonchev–Trinajstić information content (AvgIpc) is 1.63. The molecule has 0 aliphatic heterocycles. The number of fused-ring (bicyclic) bond motifs is 4. The van der Waals surface area contributed by atoms with Crippen LogP contribution in [0.5, 0.6) is 23.0 Å². The lowest BCUT2D eigenvalue weighted by Crippen LogP contribution is -2.15. The number of hydrogen-bond acceptors (Lipinski definition) is 26. The van der Waals surface area contributed by atoms with Gasteiger partial charge in [-0.15, -0.1) is 11.3 Å². The molecule has 0 radical (unpaired) electrons. The fourth-order valence-electron chi connectivity index (χ4n) is 13.8. The summed E-state index contributed by atoms with van der Waals surface area (Å²) in [5.41, 5.74) is 17.8. The van der Waals surface area contributed by atoms with Crippen LogP contribution in [0.25, 0.3) is 129 Å². The van der Waals surface area contributed by atoms with Gasteiger partial charge in [-0.2, -0.15) is 20.4 Å². The number of aromatic nitrogens is 16. The van der Waals surface area contributed by atoms with Crippen LogP contribution in [-0.4, -0.2) is 128 Å². The number of ketones is 1. The number of Topliss-reactive ketones (excluding diaryl/α,β-unsaturated/α-hetero) is 1. The Morgan fingerprint density at radius 2 is 0.779 bits per heavy atom. The van der Waals surface area contributed by atoms with Gasteiger partial charge in [0.05, 0.1) is 113 Å².